The van der Waals surface area contributed by atoms with Crippen LogP contribution in [-0.4, -0.2) is 41.1 Å². The smallest absolute Gasteiger partial charge is 0.185 e. The molecular formula is C16H21N5S. The number of rotatable bonds is 3. The minimum absolute atomic E-state index is 0.613. The van der Waals surface area contributed by atoms with E-state index < -0.39 is 0 Å². The maximum Gasteiger partial charge on any atom is 0.185 e. The minimum Gasteiger partial charge on any atom is -0.355 e. The van der Waals surface area contributed by atoms with Gasteiger partial charge in [0.05, 0.1) is 5.69 Å². The van der Waals surface area contributed by atoms with Crippen molar-refractivity contribution in [1.82, 2.24) is 15.0 Å². The van der Waals surface area contributed by atoms with Crippen LogP contribution in [0.2, 0.25) is 0 Å². The molecule has 1 saturated heterocycles. The summed E-state index contributed by atoms with van der Waals surface area (Å²) in [6.45, 7) is 6.20. The summed E-state index contributed by atoms with van der Waals surface area (Å²) in [4.78, 5) is 18.6. The van der Waals surface area contributed by atoms with Crippen LogP contribution in [0.15, 0.2) is 17.6 Å². The molecule has 116 valence electrons. The molecule has 3 heterocycles. The molecule has 4 rings (SSSR count). The number of anilines is 2. The molecule has 6 heteroatoms. The monoisotopic (exact) mass is 315 g/mol. The summed E-state index contributed by atoms with van der Waals surface area (Å²) in [6.07, 6.45) is 5.56. The van der Waals surface area contributed by atoms with Crippen molar-refractivity contribution in [1.29, 1.82) is 0 Å². The molecule has 0 bridgehead atoms. The van der Waals surface area contributed by atoms with Crippen molar-refractivity contribution in [2.45, 2.75) is 32.1 Å². The van der Waals surface area contributed by atoms with Gasteiger partial charge in [-0.2, -0.15) is 0 Å². The highest BCUT2D eigenvalue weighted by atomic mass is 32.1. The van der Waals surface area contributed by atoms with Gasteiger partial charge in [0.15, 0.2) is 5.13 Å². The van der Waals surface area contributed by atoms with Crippen LogP contribution in [0, 0.1) is 6.92 Å². The SMILES string of the molecule is Cc1csc(N2CCCN(c3ccnc(C4CC4)n3)CC2)n1. The van der Waals surface area contributed by atoms with Crippen molar-refractivity contribution in [3.05, 3.63) is 29.2 Å². The summed E-state index contributed by atoms with van der Waals surface area (Å²) >= 11 is 1.75. The number of nitrogens with zero attached hydrogens (tertiary/aromatic N) is 5. The van der Waals surface area contributed by atoms with E-state index in [4.69, 9.17) is 4.98 Å². The molecule has 1 aliphatic heterocycles. The van der Waals surface area contributed by atoms with E-state index in [0.29, 0.717) is 5.92 Å². The lowest BCUT2D eigenvalue weighted by atomic mass is 10.3. The summed E-state index contributed by atoms with van der Waals surface area (Å²) in [5.41, 5.74) is 1.12. The quantitative estimate of drug-likeness (QED) is 0.871. The Morgan fingerprint density at radius 2 is 1.91 bits per heavy atom. The summed E-state index contributed by atoms with van der Waals surface area (Å²) in [7, 11) is 0. The zero-order valence-corrected chi connectivity index (χ0v) is 13.7. The second-order valence-corrected chi connectivity index (χ2v) is 6.98. The second-order valence-electron chi connectivity index (χ2n) is 6.15. The third-order valence-electron chi connectivity index (χ3n) is 4.30. The van der Waals surface area contributed by atoms with Crippen LogP contribution < -0.4 is 9.80 Å². The van der Waals surface area contributed by atoms with Crippen molar-refractivity contribution < 1.29 is 0 Å². The Hall–Kier alpha value is -1.69. The van der Waals surface area contributed by atoms with Gasteiger partial charge in [0.2, 0.25) is 0 Å². The molecule has 0 radical (unpaired) electrons. The maximum absolute atomic E-state index is 4.79. The third kappa shape index (κ3) is 2.92. The van der Waals surface area contributed by atoms with E-state index in [2.05, 4.69) is 38.1 Å². The number of aryl methyl sites for hydroxylation is 1. The van der Waals surface area contributed by atoms with Crippen LogP contribution in [-0.2, 0) is 0 Å². The largest absolute Gasteiger partial charge is 0.355 e. The molecule has 2 fully saturated rings. The van der Waals surface area contributed by atoms with Crippen molar-refractivity contribution in [2.24, 2.45) is 0 Å². The van der Waals surface area contributed by atoms with Crippen LogP contribution in [0.25, 0.3) is 0 Å². The third-order valence-corrected chi connectivity index (χ3v) is 5.32. The number of hydrogen-bond acceptors (Lipinski definition) is 6. The molecule has 0 N–H and O–H groups in total. The van der Waals surface area contributed by atoms with E-state index in [0.717, 1.165) is 55.1 Å². The molecule has 0 spiro atoms. The van der Waals surface area contributed by atoms with Crippen molar-refractivity contribution in [3.63, 3.8) is 0 Å². The topological polar surface area (TPSA) is 45.2 Å². The predicted molar refractivity (Wildman–Crippen MR) is 89.9 cm³/mol. The average Bonchev–Trinajstić information content (AvgIpc) is 3.33. The highest BCUT2D eigenvalue weighted by Gasteiger charge is 2.27. The standard InChI is InChI=1S/C16H21N5S/c1-12-11-22-16(18-12)21-8-2-7-20(9-10-21)14-5-6-17-15(19-14)13-3-4-13/h5-6,11,13H,2-4,7-10H2,1H3. The van der Waals surface area contributed by atoms with Crippen LogP contribution >= 0.6 is 11.3 Å². The van der Waals surface area contributed by atoms with Crippen molar-refractivity contribution in [2.75, 3.05) is 36.0 Å². The van der Waals surface area contributed by atoms with Crippen LogP contribution in [0.1, 0.15) is 36.7 Å². The Labute approximate surface area is 135 Å². The Morgan fingerprint density at radius 3 is 2.68 bits per heavy atom. The van der Waals surface area contributed by atoms with Crippen molar-refractivity contribution in [3.8, 4) is 0 Å². The number of thiazole rings is 1. The molecule has 22 heavy (non-hydrogen) atoms. The molecular weight excluding hydrogens is 294 g/mol. The summed E-state index contributed by atoms with van der Waals surface area (Å²) in [5, 5.41) is 3.28. The van der Waals surface area contributed by atoms with Gasteiger partial charge in [-0.25, -0.2) is 15.0 Å². The molecule has 0 aromatic carbocycles. The number of aromatic nitrogens is 3. The van der Waals surface area contributed by atoms with Crippen LogP contribution in [0.3, 0.4) is 0 Å². The lowest BCUT2D eigenvalue weighted by Gasteiger charge is -2.22. The summed E-state index contributed by atoms with van der Waals surface area (Å²) in [6, 6.07) is 2.05. The van der Waals surface area contributed by atoms with Gasteiger partial charge in [0, 0.05) is 43.7 Å². The predicted octanol–water partition coefficient (Wildman–Crippen LogP) is 2.84. The van der Waals surface area contributed by atoms with Crippen LogP contribution in [0.5, 0.6) is 0 Å². The highest BCUT2D eigenvalue weighted by molar-refractivity contribution is 7.13. The normalized spacial score (nSPS) is 19.3. The Morgan fingerprint density at radius 1 is 1.09 bits per heavy atom. The van der Waals surface area contributed by atoms with E-state index in [1.807, 2.05) is 6.20 Å². The summed E-state index contributed by atoms with van der Waals surface area (Å²) < 4.78 is 0. The minimum atomic E-state index is 0.613. The first-order valence-corrected chi connectivity index (χ1v) is 8.92. The molecule has 2 aromatic heterocycles. The molecule has 2 aliphatic rings. The fourth-order valence-corrected chi connectivity index (χ4v) is 3.76. The van der Waals surface area contributed by atoms with Gasteiger partial charge < -0.3 is 9.80 Å². The molecule has 0 amide bonds. The first kappa shape index (κ1) is 13.9. The molecule has 1 saturated carbocycles. The molecule has 1 aliphatic carbocycles. The van der Waals surface area contributed by atoms with E-state index in [1.54, 1.807) is 11.3 Å². The molecule has 0 atom stereocenters. The van der Waals surface area contributed by atoms with Gasteiger partial charge in [-0.3, -0.25) is 0 Å². The Bertz CT molecular complexity index is 651. The van der Waals surface area contributed by atoms with E-state index in [1.165, 1.54) is 12.8 Å². The molecule has 2 aromatic rings. The average molecular weight is 315 g/mol. The first-order chi connectivity index (χ1) is 10.8. The lowest BCUT2D eigenvalue weighted by Crippen LogP contribution is -2.31. The van der Waals surface area contributed by atoms with Gasteiger partial charge in [-0.15, -0.1) is 11.3 Å². The number of hydrogen-bond donors (Lipinski definition) is 0. The Balaban J connectivity index is 1.47. The fourth-order valence-electron chi connectivity index (χ4n) is 2.90. The van der Waals surface area contributed by atoms with E-state index >= 15 is 0 Å². The van der Waals surface area contributed by atoms with Gasteiger partial charge in [-0.05, 0) is 32.3 Å². The molecule has 0 unspecified atom stereocenters. The van der Waals surface area contributed by atoms with Gasteiger partial charge in [-0.1, -0.05) is 0 Å². The fraction of sp³-hybridized carbons (Fsp3) is 0.562. The van der Waals surface area contributed by atoms with E-state index in [-0.39, 0.29) is 0 Å². The summed E-state index contributed by atoms with van der Waals surface area (Å²) in [5.74, 6) is 2.74. The van der Waals surface area contributed by atoms with Crippen molar-refractivity contribution >= 4 is 22.3 Å². The maximum atomic E-state index is 4.79. The van der Waals surface area contributed by atoms with Gasteiger partial charge in [0.1, 0.15) is 11.6 Å². The van der Waals surface area contributed by atoms with Crippen LogP contribution in [0.4, 0.5) is 10.9 Å². The zero-order valence-electron chi connectivity index (χ0n) is 12.9. The second kappa shape index (κ2) is 5.83. The highest BCUT2D eigenvalue weighted by Crippen LogP contribution is 2.38. The Kier molecular flexibility index (Phi) is 3.70. The molecule has 5 nitrogen and oxygen atoms in total. The lowest BCUT2D eigenvalue weighted by molar-refractivity contribution is 0.785. The van der Waals surface area contributed by atoms with Gasteiger partial charge in [0.25, 0.3) is 0 Å². The first-order valence-electron chi connectivity index (χ1n) is 8.04. The van der Waals surface area contributed by atoms with Gasteiger partial charge >= 0.3 is 0 Å². The van der Waals surface area contributed by atoms with E-state index in [9.17, 15) is 0 Å². The zero-order chi connectivity index (χ0) is 14.9.